The predicted octanol–water partition coefficient (Wildman–Crippen LogP) is 4.22. The van der Waals surface area contributed by atoms with Gasteiger partial charge in [-0.15, -0.1) is 11.8 Å². The van der Waals surface area contributed by atoms with Crippen molar-refractivity contribution in [2.45, 2.75) is 81.2 Å². The third-order valence-electron chi connectivity index (χ3n) is 6.89. The first-order valence-corrected chi connectivity index (χ1v) is 13.2. The summed E-state index contributed by atoms with van der Waals surface area (Å²) in [7, 11) is 0. The fourth-order valence-electron chi connectivity index (χ4n) is 4.93. The van der Waals surface area contributed by atoms with E-state index in [0.717, 1.165) is 36.9 Å². The zero-order valence-corrected chi connectivity index (χ0v) is 19.4. The van der Waals surface area contributed by atoms with Crippen LogP contribution in [0.25, 0.3) is 0 Å². The lowest BCUT2D eigenvalue weighted by Gasteiger charge is -2.21. The Hall–Kier alpha value is -1.53. The Bertz CT molecular complexity index is 744. The molecule has 0 aromatic heterocycles. The van der Waals surface area contributed by atoms with E-state index < -0.39 is 0 Å². The average Bonchev–Trinajstić information content (AvgIpc) is 3.50. The maximum Gasteiger partial charge on any atom is 0.252 e. The number of likely N-dealkylation sites (tertiary alicyclic amines) is 1. The Morgan fingerprint density at radius 3 is 2.48 bits per heavy atom. The van der Waals surface area contributed by atoms with Crippen molar-refractivity contribution in [3.63, 3.8) is 0 Å². The van der Waals surface area contributed by atoms with E-state index in [-0.39, 0.29) is 11.8 Å². The summed E-state index contributed by atoms with van der Waals surface area (Å²) in [5.74, 6) is 0.976. The highest BCUT2D eigenvalue weighted by molar-refractivity contribution is 8.00. The lowest BCUT2D eigenvalue weighted by Crippen LogP contribution is -2.36. The van der Waals surface area contributed by atoms with Crippen LogP contribution in [-0.4, -0.2) is 54.2 Å². The number of nitrogens with one attached hydrogen (secondary N) is 2. The fraction of sp³-hybridized carbons (Fsp3) is 0.680. The average molecular weight is 444 g/mol. The van der Waals surface area contributed by atoms with Gasteiger partial charge in [0.2, 0.25) is 5.91 Å². The summed E-state index contributed by atoms with van der Waals surface area (Å²) in [6, 6.07) is 8.79. The monoisotopic (exact) mass is 443 g/mol. The van der Waals surface area contributed by atoms with Crippen molar-refractivity contribution >= 4 is 23.6 Å². The molecule has 6 heteroatoms. The van der Waals surface area contributed by atoms with Gasteiger partial charge in [0.25, 0.3) is 5.91 Å². The zero-order chi connectivity index (χ0) is 21.5. The molecule has 0 spiro atoms. The summed E-state index contributed by atoms with van der Waals surface area (Å²) in [6.45, 7) is 3.03. The van der Waals surface area contributed by atoms with Crippen LogP contribution < -0.4 is 10.6 Å². The van der Waals surface area contributed by atoms with E-state index in [4.69, 9.17) is 0 Å². The summed E-state index contributed by atoms with van der Waals surface area (Å²) >= 11 is 1.47. The van der Waals surface area contributed by atoms with Crippen LogP contribution in [0.3, 0.4) is 0 Å². The van der Waals surface area contributed by atoms with E-state index >= 15 is 0 Å². The first-order valence-electron chi connectivity index (χ1n) is 12.2. The molecule has 5 nitrogen and oxygen atoms in total. The second kappa shape index (κ2) is 11.4. The standard InChI is InChI=1S/C25H37N3O2S/c29-24(27-20-8-4-2-1-3-5-9-20)18-31-23-11-7-6-10-22(23)25(30)26-16-19-14-15-28(17-19)21-12-13-21/h6-7,10-11,19-21H,1-5,8-9,12-18H2,(H,26,30)(H,27,29). The molecule has 31 heavy (non-hydrogen) atoms. The van der Waals surface area contributed by atoms with Gasteiger partial charge < -0.3 is 15.5 Å². The first kappa shape index (κ1) is 22.7. The minimum absolute atomic E-state index is 0.0200. The molecule has 170 valence electrons. The SMILES string of the molecule is O=C(CSc1ccccc1C(=O)NCC1CCN(C2CC2)C1)NC1CCCCCCC1. The molecule has 1 atom stereocenters. The highest BCUT2D eigenvalue weighted by Crippen LogP contribution is 2.31. The molecule has 1 aromatic carbocycles. The van der Waals surface area contributed by atoms with Crippen LogP contribution in [0.4, 0.5) is 0 Å². The largest absolute Gasteiger partial charge is 0.353 e. The van der Waals surface area contributed by atoms with Crippen molar-refractivity contribution in [2.75, 3.05) is 25.4 Å². The summed E-state index contributed by atoms with van der Waals surface area (Å²) < 4.78 is 0. The normalized spacial score (nSPS) is 23.2. The summed E-state index contributed by atoms with van der Waals surface area (Å²) in [6.07, 6.45) is 12.4. The first-order chi connectivity index (χ1) is 15.2. The Morgan fingerprint density at radius 1 is 0.968 bits per heavy atom. The van der Waals surface area contributed by atoms with E-state index in [1.165, 1.54) is 69.7 Å². The molecule has 3 aliphatic rings. The lowest BCUT2D eigenvalue weighted by molar-refractivity contribution is -0.119. The molecule has 2 aliphatic carbocycles. The van der Waals surface area contributed by atoms with Crippen molar-refractivity contribution in [1.82, 2.24) is 15.5 Å². The fourth-order valence-corrected chi connectivity index (χ4v) is 5.79. The lowest BCUT2D eigenvalue weighted by atomic mass is 9.97. The zero-order valence-electron chi connectivity index (χ0n) is 18.6. The van der Waals surface area contributed by atoms with E-state index in [1.54, 1.807) is 0 Å². The van der Waals surface area contributed by atoms with Gasteiger partial charge in [-0.25, -0.2) is 0 Å². The molecule has 2 saturated carbocycles. The number of hydrogen-bond donors (Lipinski definition) is 2. The summed E-state index contributed by atoms with van der Waals surface area (Å²) in [4.78, 5) is 28.8. The molecule has 1 heterocycles. The minimum Gasteiger partial charge on any atom is -0.353 e. The van der Waals surface area contributed by atoms with E-state index in [2.05, 4.69) is 15.5 Å². The highest BCUT2D eigenvalue weighted by Gasteiger charge is 2.34. The second-order valence-electron chi connectivity index (χ2n) is 9.49. The molecule has 4 rings (SSSR count). The maximum absolute atomic E-state index is 12.8. The van der Waals surface area contributed by atoms with E-state index in [0.29, 0.717) is 23.3 Å². The number of hydrogen-bond acceptors (Lipinski definition) is 4. The van der Waals surface area contributed by atoms with Crippen LogP contribution in [0.5, 0.6) is 0 Å². The van der Waals surface area contributed by atoms with Crippen molar-refractivity contribution < 1.29 is 9.59 Å². The molecule has 0 radical (unpaired) electrons. The van der Waals surface area contributed by atoms with Gasteiger partial charge in [-0.05, 0) is 56.7 Å². The number of benzene rings is 1. The number of thioether (sulfide) groups is 1. The number of amides is 2. The molecule has 1 unspecified atom stereocenters. The molecule has 1 aliphatic heterocycles. The molecular formula is C25H37N3O2S. The molecule has 1 aromatic rings. The van der Waals surface area contributed by atoms with E-state index in [9.17, 15) is 9.59 Å². The quantitative estimate of drug-likeness (QED) is 0.591. The van der Waals surface area contributed by atoms with Crippen LogP contribution in [0.1, 0.15) is 74.6 Å². The predicted molar refractivity (Wildman–Crippen MR) is 126 cm³/mol. The third-order valence-corrected chi connectivity index (χ3v) is 7.97. The molecule has 0 bridgehead atoms. The van der Waals surface area contributed by atoms with Gasteiger partial charge in [-0.1, -0.05) is 44.2 Å². The van der Waals surface area contributed by atoms with Crippen LogP contribution in [0.15, 0.2) is 29.2 Å². The molecule has 2 N–H and O–H groups in total. The summed E-state index contributed by atoms with van der Waals surface area (Å²) in [5.41, 5.74) is 0.684. The van der Waals surface area contributed by atoms with Crippen molar-refractivity contribution in [3.05, 3.63) is 29.8 Å². The van der Waals surface area contributed by atoms with Gasteiger partial charge in [0, 0.05) is 30.1 Å². The Balaban J connectivity index is 1.23. The molecule has 3 fully saturated rings. The number of carbonyl (C=O) groups excluding carboxylic acids is 2. The smallest absolute Gasteiger partial charge is 0.252 e. The Kier molecular flexibility index (Phi) is 8.31. The minimum atomic E-state index is -0.0200. The highest BCUT2D eigenvalue weighted by atomic mass is 32.2. The second-order valence-corrected chi connectivity index (χ2v) is 10.5. The Morgan fingerprint density at radius 2 is 1.71 bits per heavy atom. The van der Waals surface area contributed by atoms with Crippen LogP contribution >= 0.6 is 11.8 Å². The molecule has 2 amide bonds. The van der Waals surface area contributed by atoms with Crippen LogP contribution in [0, 0.1) is 5.92 Å². The van der Waals surface area contributed by atoms with Crippen molar-refractivity contribution in [1.29, 1.82) is 0 Å². The number of nitrogens with zero attached hydrogens (tertiary/aromatic N) is 1. The van der Waals surface area contributed by atoms with Gasteiger partial charge in [0.15, 0.2) is 0 Å². The van der Waals surface area contributed by atoms with Gasteiger partial charge in [-0.2, -0.15) is 0 Å². The maximum atomic E-state index is 12.8. The molecule has 1 saturated heterocycles. The van der Waals surface area contributed by atoms with Gasteiger partial charge in [0.1, 0.15) is 0 Å². The molecular weight excluding hydrogens is 406 g/mol. The van der Waals surface area contributed by atoms with Gasteiger partial charge >= 0.3 is 0 Å². The van der Waals surface area contributed by atoms with Gasteiger partial charge in [-0.3, -0.25) is 9.59 Å². The Labute approximate surface area is 191 Å². The third kappa shape index (κ3) is 6.98. The van der Waals surface area contributed by atoms with Gasteiger partial charge in [0.05, 0.1) is 11.3 Å². The van der Waals surface area contributed by atoms with Crippen LogP contribution in [-0.2, 0) is 4.79 Å². The van der Waals surface area contributed by atoms with E-state index in [1.807, 2.05) is 24.3 Å². The summed E-state index contributed by atoms with van der Waals surface area (Å²) in [5, 5.41) is 6.37. The topological polar surface area (TPSA) is 61.4 Å². The number of carbonyl (C=O) groups is 2. The van der Waals surface area contributed by atoms with Crippen molar-refractivity contribution in [2.24, 2.45) is 5.92 Å². The number of rotatable bonds is 8. The van der Waals surface area contributed by atoms with Crippen molar-refractivity contribution in [3.8, 4) is 0 Å². The van der Waals surface area contributed by atoms with Crippen LogP contribution in [0.2, 0.25) is 0 Å².